The molecule has 0 saturated carbocycles. The lowest BCUT2D eigenvalue weighted by Crippen LogP contribution is -2.16. The molecule has 4 heteroatoms. The van der Waals surface area contributed by atoms with Gasteiger partial charge in [0.15, 0.2) is 11.4 Å². The van der Waals surface area contributed by atoms with Crippen molar-refractivity contribution >= 4 is 16.8 Å². The summed E-state index contributed by atoms with van der Waals surface area (Å²) in [5.74, 6) is 1.67. The van der Waals surface area contributed by atoms with E-state index in [1.807, 2.05) is 30.1 Å². The number of hydrogen-bond acceptors (Lipinski definition) is 4. The van der Waals surface area contributed by atoms with E-state index in [4.69, 9.17) is 9.26 Å². The zero-order chi connectivity index (χ0) is 10.8. The highest BCUT2D eigenvalue weighted by Crippen LogP contribution is 2.28. The number of aromatic nitrogens is 1. The van der Waals surface area contributed by atoms with Gasteiger partial charge in [0.1, 0.15) is 5.75 Å². The predicted octanol–water partition coefficient (Wildman–Crippen LogP) is 2.29. The van der Waals surface area contributed by atoms with E-state index in [9.17, 15) is 0 Å². The van der Waals surface area contributed by atoms with Crippen LogP contribution in [-0.4, -0.2) is 25.9 Å². The van der Waals surface area contributed by atoms with Gasteiger partial charge in [-0.15, -0.1) is 0 Å². The zero-order valence-corrected chi connectivity index (χ0v) is 9.15. The second-order valence-electron chi connectivity index (χ2n) is 3.38. The third kappa shape index (κ3) is 1.63. The summed E-state index contributed by atoms with van der Waals surface area (Å²) in [6.45, 7) is 2.96. The smallest absolute Gasteiger partial charge is 0.179 e. The van der Waals surface area contributed by atoms with Crippen LogP contribution in [0.1, 0.15) is 6.92 Å². The van der Waals surface area contributed by atoms with E-state index in [2.05, 4.69) is 12.1 Å². The molecule has 1 aromatic heterocycles. The summed E-state index contributed by atoms with van der Waals surface area (Å²) < 4.78 is 10.4. The van der Waals surface area contributed by atoms with Gasteiger partial charge in [0.2, 0.25) is 0 Å². The fraction of sp³-hybridized carbons (Fsp3) is 0.364. The Balaban J connectivity index is 2.56. The quantitative estimate of drug-likeness (QED) is 0.772. The van der Waals surface area contributed by atoms with Gasteiger partial charge in [0, 0.05) is 13.6 Å². The molecular weight excluding hydrogens is 192 g/mol. The highest BCUT2D eigenvalue weighted by atomic mass is 16.5. The molecule has 0 aliphatic heterocycles. The Hall–Kier alpha value is -1.71. The molecule has 0 N–H and O–H groups in total. The van der Waals surface area contributed by atoms with E-state index in [1.165, 1.54) is 0 Å². The number of fused-ring (bicyclic) bond motifs is 1. The van der Waals surface area contributed by atoms with Crippen LogP contribution in [0.25, 0.3) is 11.0 Å². The van der Waals surface area contributed by atoms with Gasteiger partial charge >= 0.3 is 0 Å². The average Bonchev–Trinajstić information content (AvgIpc) is 2.70. The number of methoxy groups -OCH3 is 1. The normalized spacial score (nSPS) is 10.6. The topological polar surface area (TPSA) is 38.5 Å². The van der Waals surface area contributed by atoms with Crippen LogP contribution in [0.2, 0.25) is 0 Å². The minimum absolute atomic E-state index is 0.783. The highest BCUT2D eigenvalue weighted by Gasteiger charge is 2.11. The van der Waals surface area contributed by atoms with E-state index < -0.39 is 0 Å². The van der Waals surface area contributed by atoms with Gasteiger partial charge in [-0.25, -0.2) is 0 Å². The van der Waals surface area contributed by atoms with Crippen LogP contribution in [0.5, 0.6) is 5.75 Å². The van der Waals surface area contributed by atoms with Crippen molar-refractivity contribution < 1.29 is 9.26 Å². The van der Waals surface area contributed by atoms with Crippen LogP contribution in [0.3, 0.4) is 0 Å². The molecule has 0 unspecified atom stereocenters. The van der Waals surface area contributed by atoms with Crippen molar-refractivity contribution in [3.63, 3.8) is 0 Å². The Morgan fingerprint density at radius 2 is 2.27 bits per heavy atom. The summed E-state index contributed by atoms with van der Waals surface area (Å²) in [6.07, 6.45) is 0. The maximum atomic E-state index is 5.22. The Bertz CT molecular complexity index is 465. The van der Waals surface area contributed by atoms with Gasteiger partial charge in [0.05, 0.1) is 12.5 Å². The molecule has 0 fully saturated rings. The van der Waals surface area contributed by atoms with Crippen molar-refractivity contribution in [3.05, 3.63) is 18.2 Å². The van der Waals surface area contributed by atoms with E-state index >= 15 is 0 Å². The second-order valence-corrected chi connectivity index (χ2v) is 3.38. The first kappa shape index (κ1) is 9.83. The van der Waals surface area contributed by atoms with E-state index in [-0.39, 0.29) is 0 Å². The van der Waals surface area contributed by atoms with E-state index in [1.54, 1.807) is 7.11 Å². The molecule has 0 saturated heterocycles. The lowest BCUT2D eigenvalue weighted by Gasteiger charge is -2.12. The zero-order valence-electron chi connectivity index (χ0n) is 9.15. The van der Waals surface area contributed by atoms with Crippen LogP contribution in [0.15, 0.2) is 22.7 Å². The molecular formula is C11H14N2O2. The number of nitrogens with zero attached hydrogens (tertiary/aromatic N) is 2. The summed E-state index contributed by atoms with van der Waals surface area (Å²) in [7, 11) is 3.63. The number of anilines is 1. The Kier molecular flexibility index (Phi) is 2.49. The van der Waals surface area contributed by atoms with Crippen LogP contribution in [0, 0.1) is 0 Å². The molecule has 0 bridgehead atoms. The van der Waals surface area contributed by atoms with Crippen LogP contribution < -0.4 is 9.64 Å². The first-order valence-corrected chi connectivity index (χ1v) is 4.90. The molecule has 1 heterocycles. The molecule has 0 atom stereocenters. The molecule has 4 nitrogen and oxygen atoms in total. The minimum atomic E-state index is 0.783. The van der Waals surface area contributed by atoms with Crippen LogP contribution in [0.4, 0.5) is 5.82 Å². The molecule has 1 aromatic carbocycles. The van der Waals surface area contributed by atoms with Crippen molar-refractivity contribution in [2.45, 2.75) is 6.92 Å². The van der Waals surface area contributed by atoms with Gasteiger partial charge in [0.25, 0.3) is 0 Å². The van der Waals surface area contributed by atoms with E-state index in [0.29, 0.717) is 0 Å². The van der Waals surface area contributed by atoms with Gasteiger partial charge in [-0.3, -0.25) is 0 Å². The average molecular weight is 206 g/mol. The van der Waals surface area contributed by atoms with Crippen molar-refractivity contribution in [1.29, 1.82) is 0 Å². The molecule has 2 rings (SSSR count). The monoisotopic (exact) mass is 206 g/mol. The molecule has 15 heavy (non-hydrogen) atoms. The summed E-state index contributed by atoms with van der Waals surface area (Å²) in [5, 5.41) is 5.02. The number of benzene rings is 1. The Morgan fingerprint density at radius 1 is 1.47 bits per heavy atom. The molecule has 0 aliphatic rings. The molecule has 0 amide bonds. The third-order valence-electron chi connectivity index (χ3n) is 2.49. The first-order chi connectivity index (χ1) is 7.26. The number of hydrogen-bond donors (Lipinski definition) is 0. The molecule has 0 spiro atoms. The van der Waals surface area contributed by atoms with Crippen molar-refractivity contribution in [2.75, 3.05) is 25.6 Å². The summed E-state index contributed by atoms with van der Waals surface area (Å²) in [6, 6.07) is 5.67. The fourth-order valence-corrected chi connectivity index (χ4v) is 1.46. The molecule has 0 aliphatic carbocycles. The largest absolute Gasteiger partial charge is 0.497 e. The summed E-state index contributed by atoms with van der Waals surface area (Å²) in [5.41, 5.74) is 0.783. The lowest BCUT2D eigenvalue weighted by atomic mass is 10.2. The standard InChI is InChI=1S/C11H14N2O2/c1-4-13(2)11-9-7-8(14-3)5-6-10(9)15-12-11/h5-7H,4H2,1-3H3. The third-order valence-corrected chi connectivity index (χ3v) is 2.49. The summed E-state index contributed by atoms with van der Waals surface area (Å²) in [4.78, 5) is 2.03. The number of rotatable bonds is 3. The van der Waals surface area contributed by atoms with Crippen molar-refractivity contribution in [3.8, 4) is 5.75 Å². The van der Waals surface area contributed by atoms with Crippen LogP contribution in [-0.2, 0) is 0 Å². The Morgan fingerprint density at radius 3 is 2.93 bits per heavy atom. The van der Waals surface area contributed by atoms with Gasteiger partial charge < -0.3 is 14.2 Å². The van der Waals surface area contributed by atoms with Crippen molar-refractivity contribution in [1.82, 2.24) is 5.16 Å². The van der Waals surface area contributed by atoms with Crippen molar-refractivity contribution in [2.24, 2.45) is 0 Å². The second kappa shape index (κ2) is 3.81. The van der Waals surface area contributed by atoms with Gasteiger partial charge in [-0.1, -0.05) is 5.16 Å². The molecule has 0 radical (unpaired) electrons. The first-order valence-electron chi connectivity index (χ1n) is 4.90. The maximum absolute atomic E-state index is 5.22. The minimum Gasteiger partial charge on any atom is -0.497 e. The maximum Gasteiger partial charge on any atom is 0.179 e. The molecule has 80 valence electrons. The Labute approximate surface area is 88.4 Å². The van der Waals surface area contributed by atoms with Gasteiger partial charge in [-0.2, -0.15) is 0 Å². The summed E-state index contributed by atoms with van der Waals surface area (Å²) >= 11 is 0. The lowest BCUT2D eigenvalue weighted by molar-refractivity contribution is 0.415. The fourth-order valence-electron chi connectivity index (χ4n) is 1.46. The SMILES string of the molecule is CCN(C)c1noc2ccc(OC)cc12. The molecule has 2 aromatic rings. The van der Waals surface area contributed by atoms with Crippen LogP contribution >= 0.6 is 0 Å². The van der Waals surface area contributed by atoms with Gasteiger partial charge in [-0.05, 0) is 25.1 Å². The van der Waals surface area contributed by atoms with E-state index in [0.717, 1.165) is 29.1 Å². The highest BCUT2D eigenvalue weighted by molar-refractivity contribution is 5.89. The number of ether oxygens (including phenoxy) is 1. The predicted molar refractivity (Wildman–Crippen MR) is 59.5 cm³/mol.